The van der Waals surface area contributed by atoms with Gasteiger partial charge in [-0.15, -0.1) is 0 Å². The topological polar surface area (TPSA) is 67.2 Å². The maximum atomic E-state index is 11.0. The highest BCUT2D eigenvalue weighted by Crippen LogP contribution is 2.12. The average molecular weight is 225 g/mol. The Hall–Kier alpha value is -1.52. The Morgan fingerprint density at radius 1 is 1.62 bits per heavy atom. The lowest BCUT2D eigenvalue weighted by Gasteiger charge is -2.17. The first kappa shape index (κ1) is 12.5. The van der Waals surface area contributed by atoms with E-state index in [0.29, 0.717) is 6.54 Å². The standard InChI is InChI=1S/C11H19N3O2/c1-4-14-6-5-12-11(14)13-7-9(8(2)3)10(15)16/h5-6,8-9H,4,7H2,1-3H3,(H,12,13)(H,15,16). The van der Waals surface area contributed by atoms with E-state index in [1.165, 1.54) is 0 Å². The summed E-state index contributed by atoms with van der Waals surface area (Å²) in [4.78, 5) is 15.1. The second-order valence-electron chi connectivity index (χ2n) is 4.11. The zero-order chi connectivity index (χ0) is 12.1. The number of aromatic nitrogens is 2. The predicted octanol–water partition coefficient (Wildman–Crippen LogP) is 1.67. The minimum atomic E-state index is -0.767. The van der Waals surface area contributed by atoms with Crippen LogP contribution in [0.5, 0.6) is 0 Å². The molecular formula is C11H19N3O2. The molecule has 1 atom stereocenters. The van der Waals surface area contributed by atoms with Gasteiger partial charge in [-0.2, -0.15) is 0 Å². The normalized spacial score (nSPS) is 12.8. The third-order valence-electron chi connectivity index (χ3n) is 2.66. The number of carboxylic acid groups (broad SMARTS) is 1. The second kappa shape index (κ2) is 5.53. The van der Waals surface area contributed by atoms with Gasteiger partial charge in [-0.3, -0.25) is 4.79 Å². The largest absolute Gasteiger partial charge is 0.481 e. The molecule has 90 valence electrons. The van der Waals surface area contributed by atoms with Crippen molar-refractivity contribution in [2.75, 3.05) is 11.9 Å². The molecule has 0 radical (unpaired) electrons. The molecule has 0 aliphatic carbocycles. The van der Waals surface area contributed by atoms with Crippen LogP contribution in [0.1, 0.15) is 20.8 Å². The monoisotopic (exact) mass is 225 g/mol. The molecule has 1 aromatic rings. The van der Waals surface area contributed by atoms with E-state index in [9.17, 15) is 4.79 Å². The van der Waals surface area contributed by atoms with E-state index in [1.807, 2.05) is 31.5 Å². The number of carboxylic acids is 1. The highest BCUT2D eigenvalue weighted by atomic mass is 16.4. The van der Waals surface area contributed by atoms with Crippen molar-refractivity contribution in [3.8, 4) is 0 Å². The first-order valence-corrected chi connectivity index (χ1v) is 5.54. The van der Waals surface area contributed by atoms with Gasteiger partial charge in [0.05, 0.1) is 5.92 Å². The van der Waals surface area contributed by atoms with Crippen LogP contribution >= 0.6 is 0 Å². The summed E-state index contributed by atoms with van der Waals surface area (Å²) in [5.74, 6) is -0.316. The van der Waals surface area contributed by atoms with Crippen LogP contribution in [-0.4, -0.2) is 27.2 Å². The van der Waals surface area contributed by atoms with Crippen molar-refractivity contribution < 1.29 is 9.90 Å². The highest BCUT2D eigenvalue weighted by molar-refractivity contribution is 5.71. The number of anilines is 1. The molecule has 0 bridgehead atoms. The van der Waals surface area contributed by atoms with E-state index in [1.54, 1.807) is 6.20 Å². The molecule has 5 heteroatoms. The van der Waals surface area contributed by atoms with Gasteiger partial charge in [-0.25, -0.2) is 4.98 Å². The van der Waals surface area contributed by atoms with E-state index < -0.39 is 5.97 Å². The number of carbonyl (C=O) groups is 1. The number of aryl methyl sites for hydroxylation is 1. The molecule has 0 fully saturated rings. The van der Waals surface area contributed by atoms with E-state index in [4.69, 9.17) is 5.11 Å². The van der Waals surface area contributed by atoms with Gasteiger partial charge in [0.1, 0.15) is 0 Å². The SMILES string of the molecule is CCn1ccnc1NCC(C(=O)O)C(C)C. The fourth-order valence-electron chi connectivity index (χ4n) is 1.54. The first-order chi connectivity index (χ1) is 7.56. The Balaban J connectivity index is 2.59. The summed E-state index contributed by atoms with van der Waals surface area (Å²) in [6, 6.07) is 0. The van der Waals surface area contributed by atoms with Crippen molar-refractivity contribution in [3.05, 3.63) is 12.4 Å². The number of nitrogens with one attached hydrogen (secondary N) is 1. The minimum Gasteiger partial charge on any atom is -0.481 e. The van der Waals surface area contributed by atoms with E-state index in [0.717, 1.165) is 12.5 Å². The summed E-state index contributed by atoms with van der Waals surface area (Å²) in [7, 11) is 0. The Morgan fingerprint density at radius 2 is 2.31 bits per heavy atom. The van der Waals surface area contributed by atoms with Crippen LogP contribution in [0.4, 0.5) is 5.95 Å². The fourth-order valence-corrected chi connectivity index (χ4v) is 1.54. The lowest BCUT2D eigenvalue weighted by Crippen LogP contribution is -2.28. The number of rotatable bonds is 6. The van der Waals surface area contributed by atoms with Gasteiger partial charge in [0.25, 0.3) is 0 Å². The average Bonchev–Trinajstić information content (AvgIpc) is 2.64. The summed E-state index contributed by atoms with van der Waals surface area (Å²) >= 11 is 0. The second-order valence-corrected chi connectivity index (χ2v) is 4.11. The summed E-state index contributed by atoms with van der Waals surface area (Å²) in [6.45, 7) is 7.06. The van der Waals surface area contributed by atoms with Crippen molar-refractivity contribution in [1.29, 1.82) is 0 Å². The van der Waals surface area contributed by atoms with Crippen LogP contribution < -0.4 is 5.32 Å². The molecule has 16 heavy (non-hydrogen) atoms. The summed E-state index contributed by atoms with van der Waals surface area (Å²) in [6.07, 6.45) is 3.57. The van der Waals surface area contributed by atoms with Crippen molar-refractivity contribution >= 4 is 11.9 Å². The molecule has 0 saturated carbocycles. The highest BCUT2D eigenvalue weighted by Gasteiger charge is 2.21. The zero-order valence-electron chi connectivity index (χ0n) is 9.97. The third-order valence-corrected chi connectivity index (χ3v) is 2.66. The Morgan fingerprint density at radius 3 is 2.81 bits per heavy atom. The lowest BCUT2D eigenvalue weighted by molar-refractivity contribution is -0.142. The number of hydrogen-bond acceptors (Lipinski definition) is 3. The molecule has 0 aliphatic heterocycles. The summed E-state index contributed by atoms with van der Waals surface area (Å²) < 4.78 is 1.94. The molecule has 1 aromatic heterocycles. The van der Waals surface area contributed by atoms with Gasteiger partial charge in [0.15, 0.2) is 0 Å². The number of nitrogens with zero attached hydrogens (tertiary/aromatic N) is 2. The van der Waals surface area contributed by atoms with Crippen molar-refractivity contribution in [2.45, 2.75) is 27.3 Å². The Bertz CT molecular complexity index is 347. The van der Waals surface area contributed by atoms with Crippen molar-refractivity contribution in [2.24, 2.45) is 11.8 Å². The van der Waals surface area contributed by atoms with Gasteiger partial charge < -0.3 is 15.0 Å². The van der Waals surface area contributed by atoms with Crippen LogP contribution in [0.2, 0.25) is 0 Å². The number of hydrogen-bond donors (Lipinski definition) is 2. The van der Waals surface area contributed by atoms with Crippen molar-refractivity contribution in [3.63, 3.8) is 0 Å². The van der Waals surface area contributed by atoms with Gasteiger partial charge in [-0.05, 0) is 12.8 Å². The molecule has 0 saturated heterocycles. The molecule has 0 amide bonds. The van der Waals surface area contributed by atoms with Crippen LogP contribution in [0.3, 0.4) is 0 Å². The maximum Gasteiger partial charge on any atom is 0.308 e. The molecule has 0 spiro atoms. The fraction of sp³-hybridized carbons (Fsp3) is 0.636. The van der Waals surface area contributed by atoms with Crippen LogP contribution in [0.15, 0.2) is 12.4 Å². The van der Waals surface area contributed by atoms with E-state index in [2.05, 4.69) is 10.3 Å². The van der Waals surface area contributed by atoms with Gasteiger partial charge in [-0.1, -0.05) is 13.8 Å². The van der Waals surface area contributed by atoms with Crippen molar-refractivity contribution in [1.82, 2.24) is 9.55 Å². The van der Waals surface area contributed by atoms with E-state index in [-0.39, 0.29) is 11.8 Å². The summed E-state index contributed by atoms with van der Waals surface area (Å²) in [5.41, 5.74) is 0. The molecule has 1 heterocycles. The Kier molecular flexibility index (Phi) is 4.34. The van der Waals surface area contributed by atoms with E-state index >= 15 is 0 Å². The number of imidazole rings is 1. The third kappa shape index (κ3) is 2.98. The predicted molar refractivity (Wildman–Crippen MR) is 62.4 cm³/mol. The zero-order valence-corrected chi connectivity index (χ0v) is 9.97. The van der Waals surface area contributed by atoms with Crippen LogP contribution in [0.25, 0.3) is 0 Å². The summed E-state index contributed by atoms with van der Waals surface area (Å²) in [5, 5.41) is 12.1. The van der Waals surface area contributed by atoms with Gasteiger partial charge in [0, 0.05) is 25.5 Å². The molecule has 1 unspecified atom stereocenters. The first-order valence-electron chi connectivity index (χ1n) is 5.54. The molecule has 2 N–H and O–H groups in total. The minimum absolute atomic E-state index is 0.107. The quantitative estimate of drug-likeness (QED) is 0.772. The Labute approximate surface area is 95.5 Å². The molecule has 0 aromatic carbocycles. The number of aliphatic carboxylic acids is 1. The maximum absolute atomic E-state index is 11.0. The lowest BCUT2D eigenvalue weighted by atomic mass is 9.96. The molecule has 5 nitrogen and oxygen atoms in total. The van der Waals surface area contributed by atoms with Gasteiger partial charge >= 0.3 is 5.97 Å². The molecular weight excluding hydrogens is 206 g/mol. The van der Waals surface area contributed by atoms with Gasteiger partial charge in [0.2, 0.25) is 5.95 Å². The van der Waals surface area contributed by atoms with Crippen LogP contribution in [0, 0.1) is 11.8 Å². The van der Waals surface area contributed by atoms with Crippen LogP contribution in [-0.2, 0) is 11.3 Å². The molecule has 1 rings (SSSR count). The molecule has 0 aliphatic rings. The smallest absolute Gasteiger partial charge is 0.308 e.